The maximum Gasteiger partial charge on any atom is 0.393 e. The largest absolute Gasteiger partial charge is 0.393 e. The molecule has 1 aromatic carbocycles. The Kier molecular flexibility index (Phi) is 5.84. The van der Waals surface area contributed by atoms with Gasteiger partial charge in [-0.25, -0.2) is 9.97 Å². The number of thiophene rings is 1. The predicted octanol–water partition coefficient (Wildman–Crippen LogP) is 5.36. The topological polar surface area (TPSA) is 32.3 Å². The van der Waals surface area contributed by atoms with Crippen LogP contribution in [0.4, 0.5) is 19.0 Å². The molecule has 0 aliphatic carbocycles. The van der Waals surface area contributed by atoms with E-state index in [1.165, 1.54) is 11.9 Å². The number of alkyl halides is 3. The van der Waals surface area contributed by atoms with Gasteiger partial charge in [-0.3, -0.25) is 0 Å². The summed E-state index contributed by atoms with van der Waals surface area (Å²) in [5, 5.41) is 0.755. The molecular weight excluding hydrogens is 433 g/mol. The number of halogens is 3. The molecule has 0 bridgehead atoms. The molecule has 170 valence electrons. The molecule has 3 aromatic rings. The highest BCUT2D eigenvalue weighted by Crippen LogP contribution is 2.38. The fourth-order valence-corrected chi connectivity index (χ4v) is 6.31. The van der Waals surface area contributed by atoms with Gasteiger partial charge in [0.1, 0.15) is 17.0 Å². The van der Waals surface area contributed by atoms with Crippen molar-refractivity contribution >= 4 is 27.4 Å². The number of nitrogens with zero attached hydrogens (tertiary/aromatic N) is 4. The first-order chi connectivity index (χ1) is 15.4. The molecule has 2 saturated heterocycles. The SMILES string of the molecule is CC(CN1CC[C@@H]2CN(c3ncnc4sc(CC(F)(F)F)cc34)C[C@@H]2C1)c1ccccc1. The summed E-state index contributed by atoms with van der Waals surface area (Å²) >= 11 is 1.12. The molecule has 0 radical (unpaired) electrons. The highest BCUT2D eigenvalue weighted by molar-refractivity contribution is 7.18. The minimum atomic E-state index is -4.21. The molecule has 2 aliphatic heterocycles. The Bertz CT molecular complexity index is 1070. The van der Waals surface area contributed by atoms with Crippen LogP contribution >= 0.6 is 11.3 Å². The number of hydrogen-bond acceptors (Lipinski definition) is 5. The van der Waals surface area contributed by atoms with E-state index in [0.29, 0.717) is 27.5 Å². The monoisotopic (exact) mass is 460 g/mol. The van der Waals surface area contributed by atoms with Crippen LogP contribution in [-0.4, -0.2) is 53.8 Å². The minimum Gasteiger partial charge on any atom is -0.355 e. The number of piperidine rings is 1. The van der Waals surface area contributed by atoms with Gasteiger partial charge in [-0.15, -0.1) is 11.3 Å². The minimum absolute atomic E-state index is 0.298. The molecule has 0 spiro atoms. The van der Waals surface area contributed by atoms with Crippen molar-refractivity contribution in [1.29, 1.82) is 0 Å². The van der Waals surface area contributed by atoms with Gasteiger partial charge in [0.2, 0.25) is 0 Å². The van der Waals surface area contributed by atoms with Gasteiger partial charge < -0.3 is 9.80 Å². The van der Waals surface area contributed by atoms with Crippen LogP contribution in [-0.2, 0) is 6.42 Å². The van der Waals surface area contributed by atoms with Gasteiger partial charge in [-0.2, -0.15) is 13.2 Å². The van der Waals surface area contributed by atoms with Crippen LogP contribution < -0.4 is 4.90 Å². The van der Waals surface area contributed by atoms with Gasteiger partial charge in [0.25, 0.3) is 0 Å². The molecule has 0 N–H and O–H groups in total. The summed E-state index contributed by atoms with van der Waals surface area (Å²) in [6.07, 6.45) is -2.48. The zero-order valence-electron chi connectivity index (χ0n) is 18.1. The molecule has 1 unspecified atom stereocenters. The number of aromatic nitrogens is 2. The predicted molar refractivity (Wildman–Crippen MR) is 122 cm³/mol. The lowest BCUT2D eigenvalue weighted by Gasteiger charge is -2.35. The summed E-state index contributed by atoms with van der Waals surface area (Å²) in [7, 11) is 0. The van der Waals surface area contributed by atoms with Crippen molar-refractivity contribution in [2.24, 2.45) is 11.8 Å². The maximum absolute atomic E-state index is 12.9. The molecule has 2 aliphatic rings. The van der Waals surface area contributed by atoms with Crippen molar-refractivity contribution in [1.82, 2.24) is 14.9 Å². The second-order valence-electron chi connectivity index (χ2n) is 9.21. The quantitative estimate of drug-likeness (QED) is 0.513. The van der Waals surface area contributed by atoms with Gasteiger partial charge in [0.15, 0.2) is 0 Å². The fraction of sp³-hybridized carbons (Fsp3) is 0.500. The first-order valence-electron chi connectivity index (χ1n) is 11.2. The average Bonchev–Trinajstić information content (AvgIpc) is 3.35. The van der Waals surface area contributed by atoms with Gasteiger partial charge in [0, 0.05) is 31.1 Å². The first kappa shape index (κ1) is 21.6. The third-order valence-corrected chi connectivity index (χ3v) is 7.86. The summed E-state index contributed by atoms with van der Waals surface area (Å²) in [6.45, 7) is 7.32. The number of likely N-dealkylation sites (tertiary alicyclic amines) is 1. The van der Waals surface area contributed by atoms with Gasteiger partial charge in [-0.05, 0) is 42.3 Å². The van der Waals surface area contributed by atoms with Crippen LogP contribution in [0.15, 0.2) is 42.7 Å². The molecule has 4 nitrogen and oxygen atoms in total. The average molecular weight is 461 g/mol. The van der Waals surface area contributed by atoms with Crippen LogP contribution in [0.1, 0.15) is 29.7 Å². The van der Waals surface area contributed by atoms with E-state index >= 15 is 0 Å². The highest BCUT2D eigenvalue weighted by atomic mass is 32.1. The summed E-state index contributed by atoms with van der Waals surface area (Å²) in [4.78, 5) is 14.5. The third-order valence-electron chi connectivity index (χ3n) is 6.82. The van der Waals surface area contributed by atoms with Crippen LogP contribution in [0.2, 0.25) is 0 Å². The van der Waals surface area contributed by atoms with Crippen LogP contribution in [0.25, 0.3) is 10.2 Å². The molecule has 4 heterocycles. The Morgan fingerprint density at radius 2 is 1.88 bits per heavy atom. The van der Waals surface area contributed by atoms with Crippen molar-refractivity contribution in [3.05, 3.63) is 53.2 Å². The molecule has 2 aromatic heterocycles. The molecular formula is C24H27F3N4S. The zero-order valence-corrected chi connectivity index (χ0v) is 18.9. The molecule has 0 saturated carbocycles. The first-order valence-corrected chi connectivity index (χ1v) is 12.0. The van der Waals surface area contributed by atoms with E-state index in [4.69, 9.17) is 0 Å². The summed E-state index contributed by atoms with van der Waals surface area (Å²) in [6, 6.07) is 12.3. The lowest BCUT2D eigenvalue weighted by Crippen LogP contribution is -2.41. The van der Waals surface area contributed by atoms with E-state index in [0.717, 1.165) is 61.7 Å². The van der Waals surface area contributed by atoms with Crippen LogP contribution in [0.5, 0.6) is 0 Å². The Morgan fingerprint density at radius 1 is 1.09 bits per heavy atom. The molecule has 5 rings (SSSR count). The lowest BCUT2D eigenvalue weighted by molar-refractivity contribution is -0.126. The summed E-state index contributed by atoms with van der Waals surface area (Å²) in [5.74, 6) is 2.45. The van der Waals surface area contributed by atoms with Crippen molar-refractivity contribution in [2.45, 2.75) is 31.9 Å². The number of benzene rings is 1. The van der Waals surface area contributed by atoms with Crippen LogP contribution in [0.3, 0.4) is 0 Å². The highest BCUT2D eigenvalue weighted by Gasteiger charge is 2.38. The molecule has 3 atom stereocenters. The summed E-state index contributed by atoms with van der Waals surface area (Å²) in [5.41, 5.74) is 1.37. The normalized spacial score (nSPS) is 22.9. The van der Waals surface area contributed by atoms with Gasteiger partial charge >= 0.3 is 6.18 Å². The molecule has 0 amide bonds. The lowest BCUT2D eigenvalue weighted by atomic mass is 9.88. The Balaban J connectivity index is 1.28. The number of fused-ring (bicyclic) bond motifs is 2. The Hall–Kier alpha value is -2.19. The van der Waals surface area contributed by atoms with E-state index in [2.05, 4.69) is 57.0 Å². The molecule has 8 heteroatoms. The standard InChI is InChI=1S/C24H27F3N4S/c1-16(17-5-3-2-4-6-17)11-30-8-7-18-13-31(14-19(18)12-30)22-21-9-20(10-24(25,26)27)32-23(21)29-15-28-22/h2-6,9,15-16,18-19H,7-8,10-14H2,1H3/t16?,18-,19+/m1/s1. The Labute approximate surface area is 190 Å². The van der Waals surface area contributed by atoms with E-state index in [1.54, 1.807) is 6.07 Å². The van der Waals surface area contributed by atoms with E-state index in [-0.39, 0.29) is 0 Å². The maximum atomic E-state index is 12.9. The zero-order chi connectivity index (χ0) is 22.3. The van der Waals surface area contributed by atoms with Crippen molar-refractivity contribution in [3.63, 3.8) is 0 Å². The van der Waals surface area contributed by atoms with Crippen LogP contribution in [0, 0.1) is 11.8 Å². The second-order valence-corrected chi connectivity index (χ2v) is 10.3. The number of anilines is 1. The summed E-state index contributed by atoms with van der Waals surface area (Å²) < 4.78 is 38.6. The third kappa shape index (κ3) is 4.62. The molecule has 32 heavy (non-hydrogen) atoms. The second kappa shape index (κ2) is 8.63. The smallest absolute Gasteiger partial charge is 0.355 e. The van der Waals surface area contributed by atoms with Crippen molar-refractivity contribution < 1.29 is 13.2 Å². The number of hydrogen-bond donors (Lipinski definition) is 0. The Morgan fingerprint density at radius 3 is 2.66 bits per heavy atom. The fourth-order valence-electron chi connectivity index (χ4n) is 5.29. The van der Waals surface area contributed by atoms with Crippen molar-refractivity contribution in [2.75, 3.05) is 37.6 Å². The van der Waals surface area contributed by atoms with Gasteiger partial charge in [-0.1, -0.05) is 37.3 Å². The van der Waals surface area contributed by atoms with E-state index in [1.807, 2.05) is 0 Å². The van der Waals surface area contributed by atoms with E-state index < -0.39 is 12.6 Å². The van der Waals surface area contributed by atoms with E-state index in [9.17, 15) is 13.2 Å². The van der Waals surface area contributed by atoms with Crippen molar-refractivity contribution in [3.8, 4) is 0 Å². The molecule has 2 fully saturated rings. The van der Waals surface area contributed by atoms with Gasteiger partial charge in [0.05, 0.1) is 11.8 Å². The number of rotatable bonds is 5.